The number of ether oxygens (including phenoxy) is 2. The summed E-state index contributed by atoms with van der Waals surface area (Å²) < 4.78 is 11.2. The minimum Gasteiger partial charge on any atom is -0.491 e. The summed E-state index contributed by atoms with van der Waals surface area (Å²) >= 11 is 0. The number of hydrogen-bond acceptors (Lipinski definition) is 4. The van der Waals surface area contributed by atoms with Gasteiger partial charge in [-0.2, -0.15) is 0 Å². The molecule has 0 radical (unpaired) electrons. The fourth-order valence-electron chi connectivity index (χ4n) is 2.17. The number of carbonyl (C=O) groups is 1. The van der Waals surface area contributed by atoms with Gasteiger partial charge < -0.3 is 19.9 Å². The zero-order valence-corrected chi connectivity index (χ0v) is 14.0. The van der Waals surface area contributed by atoms with Crippen molar-refractivity contribution in [1.82, 2.24) is 0 Å². The second-order valence-corrected chi connectivity index (χ2v) is 5.45. The van der Waals surface area contributed by atoms with Crippen molar-refractivity contribution in [2.75, 3.05) is 18.5 Å². The van der Waals surface area contributed by atoms with E-state index in [2.05, 4.69) is 12.2 Å². The van der Waals surface area contributed by atoms with Gasteiger partial charge in [0.25, 0.3) is 0 Å². The first-order chi connectivity index (χ1) is 11.6. The van der Waals surface area contributed by atoms with Gasteiger partial charge in [-0.15, -0.1) is 0 Å². The molecule has 5 heteroatoms. The molecule has 0 aliphatic rings. The molecule has 0 aromatic heterocycles. The van der Waals surface area contributed by atoms with E-state index in [4.69, 9.17) is 9.47 Å². The van der Waals surface area contributed by atoms with Crippen LogP contribution in [0.2, 0.25) is 0 Å². The van der Waals surface area contributed by atoms with Gasteiger partial charge in [0.2, 0.25) is 5.91 Å². The van der Waals surface area contributed by atoms with Gasteiger partial charge in [-0.25, -0.2) is 0 Å². The summed E-state index contributed by atoms with van der Waals surface area (Å²) in [5, 5.41) is 12.7. The normalized spacial score (nSPS) is 11.6. The Morgan fingerprint density at radius 2 is 1.88 bits per heavy atom. The van der Waals surface area contributed by atoms with Crippen molar-refractivity contribution in [3.63, 3.8) is 0 Å². The highest BCUT2D eigenvalue weighted by Gasteiger charge is 2.10. The molecule has 0 aliphatic heterocycles. The van der Waals surface area contributed by atoms with Crippen LogP contribution in [-0.2, 0) is 11.2 Å². The molecule has 2 aromatic carbocycles. The molecule has 2 N–H and O–H groups in total. The van der Waals surface area contributed by atoms with Crippen LogP contribution in [0.1, 0.15) is 19.4 Å². The first-order valence-electron chi connectivity index (χ1n) is 7.97. The summed E-state index contributed by atoms with van der Waals surface area (Å²) in [4.78, 5) is 11.2. The predicted molar refractivity (Wildman–Crippen MR) is 93.6 cm³/mol. The summed E-state index contributed by atoms with van der Waals surface area (Å²) in [6.07, 6.45) is 0.156. The summed E-state index contributed by atoms with van der Waals surface area (Å²) in [5.41, 5.74) is 1.76. The molecule has 0 spiro atoms. The molecule has 0 saturated carbocycles. The summed E-state index contributed by atoms with van der Waals surface area (Å²) in [5.74, 6) is 1.07. The van der Waals surface area contributed by atoms with Gasteiger partial charge in [0.15, 0.2) is 0 Å². The van der Waals surface area contributed by atoms with E-state index in [1.807, 2.05) is 24.3 Å². The summed E-state index contributed by atoms with van der Waals surface area (Å²) in [6.45, 7) is 3.72. The monoisotopic (exact) mass is 329 g/mol. The molecule has 2 rings (SSSR count). The average molecular weight is 329 g/mol. The van der Waals surface area contributed by atoms with Crippen molar-refractivity contribution in [1.29, 1.82) is 0 Å². The van der Waals surface area contributed by atoms with Crippen molar-refractivity contribution in [3.05, 3.63) is 54.1 Å². The Morgan fingerprint density at radius 1 is 1.12 bits per heavy atom. The number of aryl methyl sites for hydroxylation is 1. The molecule has 0 bridgehead atoms. The maximum atomic E-state index is 11.2. The largest absolute Gasteiger partial charge is 0.491 e. The van der Waals surface area contributed by atoms with E-state index in [-0.39, 0.29) is 19.1 Å². The summed E-state index contributed by atoms with van der Waals surface area (Å²) in [6, 6.07) is 14.9. The molecular weight excluding hydrogens is 306 g/mol. The number of rotatable bonds is 8. The van der Waals surface area contributed by atoms with Crippen LogP contribution in [-0.4, -0.2) is 30.3 Å². The Bertz CT molecular complexity index is 672. The quantitative estimate of drug-likeness (QED) is 0.781. The Labute approximate surface area is 142 Å². The Kier molecular flexibility index (Phi) is 6.63. The minimum atomic E-state index is -0.777. The van der Waals surface area contributed by atoms with Gasteiger partial charge >= 0.3 is 0 Å². The van der Waals surface area contributed by atoms with Crippen LogP contribution in [0.4, 0.5) is 5.69 Å². The van der Waals surface area contributed by atoms with Crippen molar-refractivity contribution >= 4 is 11.6 Å². The van der Waals surface area contributed by atoms with E-state index in [0.717, 1.165) is 12.2 Å². The molecule has 0 heterocycles. The van der Waals surface area contributed by atoms with Crippen molar-refractivity contribution in [2.45, 2.75) is 26.4 Å². The predicted octanol–water partition coefficient (Wildman–Crippen LogP) is 3.03. The third-order valence-electron chi connectivity index (χ3n) is 3.38. The average Bonchev–Trinajstić information content (AvgIpc) is 2.59. The van der Waals surface area contributed by atoms with Crippen LogP contribution >= 0.6 is 0 Å². The number of amides is 1. The van der Waals surface area contributed by atoms with Crippen LogP contribution in [0.3, 0.4) is 0 Å². The van der Waals surface area contributed by atoms with Gasteiger partial charge in [-0.05, 0) is 36.2 Å². The lowest BCUT2D eigenvalue weighted by molar-refractivity contribution is -0.114. The standard InChI is InChI=1S/C19H23NO4/c1-3-15-7-6-8-17(11-15)23-12-16(22)13-24-19-10-5-4-9-18(19)20-14(2)21/h4-11,16,22H,3,12-13H2,1-2H3,(H,20,21). The first-order valence-corrected chi connectivity index (χ1v) is 7.97. The van der Waals surface area contributed by atoms with Crippen molar-refractivity contribution in [3.8, 4) is 11.5 Å². The van der Waals surface area contributed by atoms with E-state index < -0.39 is 6.10 Å². The lowest BCUT2D eigenvalue weighted by Crippen LogP contribution is -2.25. The molecule has 1 amide bonds. The lowest BCUT2D eigenvalue weighted by atomic mass is 10.2. The Morgan fingerprint density at radius 3 is 2.62 bits per heavy atom. The highest BCUT2D eigenvalue weighted by atomic mass is 16.5. The van der Waals surface area contributed by atoms with E-state index in [1.165, 1.54) is 12.5 Å². The number of anilines is 1. The molecule has 0 saturated heterocycles. The second-order valence-electron chi connectivity index (χ2n) is 5.45. The van der Waals surface area contributed by atoms with E-state index >= 15 is 0 Å². The van der Waals surface area contributed by atoms with Gasteiger partial charge in [0.05, 0.1) is 5.69 Å². The maximum Gasteiger partial charge on any atom is 0.221 e. The molecular formula is C19H23NO4. The smallest absolute Gasteiger partial charge is 0.221 e. The number of nitrogens with one attached hydrogen (secondary N) is 1. The Hall–Kier alpha value is -2.53. The van der Waals surface area contributed by atoms with E-state index in [0.29, 0.717) is 11.4 Å². The maximum absolute atomic E-state index is 11.2. The fraction of sp³-hybridized carbons (Fsp3) is 0.316. The second kappa shape index (κ2) is 8.93. The zero-order valence-electron chi connectivity index (χ0n) is 14.0. The minimum absolute atomic E-state index is 0.0735. The van der Waals surface area contributed by atoms with E-state index in [9.17, 15) is 9.90 Å². The van der Waals surface area contributed by atoms with Crippen molar-refractivity contribution in [2.24, 2.45) is 0 Å². The summed E-state index contributed by atoms with van der Waals surface area (Å²) in [7, 11) is 0. The number of carbonyl (C=O) groups excluding carboxylic acids is 1. The van der Waals surface area contributed by atoms with Crippen LogP contribution in [0, 0.1) is 0 Å². The lowest BCUT2D eigenvalue weighted by Gasteiger charge is -2.16. The highest BCUT2D eigenvalue weighted by molar-refractivity contribution is 5.90. The molecule has 128 valence electrons. The van der Waals surface area contributed by atoms with Crippen LogP contribution in [0.25, 0.3) is 0 Å². The topological polar surface area (TPSA) is 67.8 Å². The van der Waals surface area contributed by atoms with Crippen LogP contribution in [0.5, 0.6) is 11.5 Å². The van der Waals surface area contributed by atoms with Gasteiger partial charge in [0.1, 0.15) is 30.8 Å². The molecule has 1 unspecified atom stereocenters. The molecule has 2 aromatic rings. The van der Waals surface area contributed by atoms with Gasteiger partial charge in [0, 0.05) is 6.92 Å². The highest BCUT2D eigenvalue weighted by Crippen LogP contribution is 2.23. The van der Waals surface area contributed by atoms with Crippen LogP contribution in [0.15, 0.2) is 48.5 Å². The molecule has 5 nitrogen and oxygen atoms in total. The fourth-order valence-corrected chi connectivity index (χ4v) is 2.17. The SMILES string of the molecule is CCc1cccc(OCC(O)COc2ccccc2NC(C)=O)c1. The number of para-hydroxylation sites is 2. The molecule has 0 fully saturated rings. The van der Waals surface area contributed by atoms with Crippen molar-refractivity contribution < 1.29 is 19.4 Å². The van der Waals surface area contributed by atoms with Gasteiger partial charge in [-0.1, -0.05) is 31.2 Å². The molecule has 0 aliphatic carbocycles. The zero-order chi connectivity index (χ0) is 17.4. The first kappa shape index (κ1) is 17.8. The van der Waals surface area contributed by atoms with Gasteiger partial charge in [-0.3, -0.25) is 4.79 Å². The number of aliphatic hydroxyl groups is 1. The molecule has 24 heavy (non-hydrogen) atoms. The number of aliphatic hydroxyl groups excluding tert-OH is 1. The van der Waals surface area contributed by atoms with Crippen LogP contribution < -0.4 is 14.8 Å². The third kappa shape index (κ3) is 5.59. The third-order valence-corrected chi connectivity index (χ3v) is 3.38. The Balaban J connectivity index is 1.85. The molecule has 1 atom stereocenters. The number of hydrogen-bond donors (Lipinski definition) is 2. The van der Waals surface area contributed by atoms with E-state index in [1.54, 1.807) is 24.3 Å². The number of benzene rings is 2.